The van der Waals surface area contributed by atoms with Crippen molar-refractivity contribution in [2.45, 2.75) is 24.9 Å². The van der Waals surface area contributed by atoms with E-state index in [1.807, 2.05) is 0 Å². The third-order valence-electron chi connectivity index (χ3n) is 2.96. The number of benzene rings is 1. The van der Waals surface area contributed by atoms with E-state index in [4.69, 9.17) is 0 Å². The van der Waals surface area contributed by atoms with E-state index >= 15 is 0 Å². The highest BCUT2D eigenvalue weighted by Gasteiger charge is 2.20. The number of hydrogen-bond acceptors (Lipinski definition) is 5. The van der Waals surface area contributed by atoms with E-state index in [0.717, 1.165) is 0 Å². The van der Waals surface area contributed by atoms with Crippen molar-refractivity contribution >= 4 is 10.0 Å². The molecule has 2 N–H and O–H groups in total. The lowest BCUT2D eigenvalue weighted by Gasteiger charge is -2.11. The molecule has 1 heterocycles. The third kappa shape index (κ3) is 3.66. The van der Waals surface area contributed by atoms with Crippen LogP contribution < -0.4 is 10.0 Å². The van der Waals surface area contributed by atoms with Crippen LogP contribution in [0.3, 0.4) is 0 Å². The van der Waals surface area contributed by atoms with Gasteiger partial charge >= 0.3 is 0 Å². The number of aromatic nitrogens is 1. The summed E-state index contributed by atoms with van der Waals surface area (Å²) in [5, 5.41) is 6.47. The molecule has 2 rings (SSSR count). The molecule has 6 nitrogen and oxygen atoms in total. The van der Waals surface area contributed by atoms with E-state index in [9.17, 15) is 12.8 Å². The van der Waals surface area contributed by atoms with Crippen molar-refractivity contribution in [3.63, 3.8) is 0 Å². The second-order valence-electron chi connectivity index (χ2n) is 4.55. The number of hydrogen-bond donors (Lipinski definition) is 2. The van der Waals surface area contributed by atoms with Crippen LogP contribution in [0.15, 0.2) is 33.9 Å². The number of nitrogens with one attached hydrogen (secondary N) is 2. The number of nitrogens with zero attached hydrogens (tertiary/aromatic N) is 1. The van der Waals surface area contributed by atoms with Gasteiger partial charge in [-0.05, 0) is 31.7 Å². The van der Waals surface area contributed by atoms with E-state index in [-0.39, 0.29) is 17.0 Å². The maximum Gasteiger partial charge on any atom is 0.241 e. The molecule has 0 amide bonds. The minimum atomic E-state index is -3.83. The van der Waals surface area contributed by atoms with Gasteiger partial charge in [-0.2, -0.15) is 0 Å². The molecule has 0 aliphatic carbocycles. The molecule has 0 atom stereocenters. The summed E-state index contributed by atoms with van der Waals surface area (Å²) in [6.07, 6.45) is 1.35. The van der Waals surface area contributed by atoms with Crippen LogP contribution in [0.2, 0.25) is 0 Å². The Kier molecular flexibility index (Phi) is 4.71. The Balaban J connectivity index is 2.30. The maximum absolute atomic E-state index is 13.9. The van der Waals surface area contributed by atoms with E-state index < -0.39 is 15.8 Å². The summed E-state index contributed by atoms with van der Waals surface area (Å²) in [5.74, 6) is -0.551. The van der Waals surface area contributed by atoms with Crippen LogP contribution in [-0.4, -0.2) is 20.6 Å². The molecule has 1 aromatic carbocycles. The van der Waals surface area contributed by atoms with Crippen molar-refractivity contribution in [2.75, 3.05) is 7.05 Å². The van der Waals surface area contributed by atoms with Crippen molar-refractivity contribution in [1.82, 2.24) is 15.2 Å². The van der Waals surface area contributed by atoms with Crippen LogP contribution in [0.5, 0.6) is 0 Å². The predicted octanol–water partition coefficient (Wildman–Crippen LogP) is 1.32. The molecule has 0 radical (unpaired) electrons. The summed E-state index contributed by atoms with van der Waals surface area (Å²) in [7, 11) is -2.13. The van der Waals surface area contributed by atoms with Crippen LogP contribution in [0.25, 0.3) is 0 Å². The van der Waals surface area contributed by atoms with Gasteiger partial charge in [0.15, 0.2) is 0 Å². The molecule has 0 unspecified atom stereocenters. The van der Waals surface area contributed by atoms with Crippen LogP contribution >= 0.6 is 0 Å². The van der Waals surface area contributed by atoms with Crippen molar-refractivity contribution in [1.29, 1.82) is 0 Å². The Labute approximate surface area is 122 Å². The highest BCUT2D eigenvalue weighted by atomic mass is 32.2. The van der Waals surface area contributed by atoms with E-state index in [1.165, 1.54) is 25.3 Å². The Morgan fingerprint density at radius 3 is 2.71 bits per heavy atom. The van der Waals surface area contributed by atoms with Gasteiger partial charge in [0.1, 0.15) is 12.1 Å². The highest BCUT2D eigenvalue weighted by molar-refractivity contribution is 7.89. The highest BCUT2D eigenvalue weighted by Crippen LogP contribution is 2.20. The van der Waals surface area contributed by atoms with Gasteiger partial charge in [-0.25, -0.2) is 17.5 Å². The van der Waals surface area contributed by atoms with Gasteiger partial charge in [0, 0.05) is 18.2 Å². The first-order valence-corrected chi connectivity index (χ1v) is 7.75. The molecule has 0 aliphatic heterocycles. The summed E-state index contributed by atoms with van der Waals surface area (Å²) in [6.45, 7) is 1.79. The molecular weight excluding hydrogens is 297 g/mol. The van der Waals surface area contributed by atoms with Gasteiger partial charge in [-0.1, -0.05) is 5.16 Å². The van der Waals surface area contributed by atoms with Crippen molar-refractivity contribution in [3.8, 4) is 0 Å². The monoisotopic (exact) mass is 313 g/mol. The SMILES string of the molecule is CNCc1cc(F)c(C)c(S(=O)(=O)NCc2ccon2)c1. The average molecular weight is 313 g/mol. The Morgan fingerprint density at radius 2 is 2.10 bits per heavy atom. The third-order valence-corrected chi connectivity index (χ3v) is 4.49. The van der Waals surface area contributed by atoms with Crippen molar-refractivity contribution in [2.24, 2.45) is 0 Å². The smallest absolute Gasteiger partial charge is 0.241 e. The quantitative estimate of drug-likeness (QED) is 0.840. The second kappa shape index (κ2) is 6.33. The van der Waals surface area contributed by atoms with Gasteiger partial charge in [-0.15, -0.1) is 0 Å². The Morgan fingerprint density at radius 1 is 1.33 bits per heavy atom. The second-order valence-corrected chi connectivity index (χ2v) is 6.28. The zero-order valence-electron chi connectivity index (χ0n) is 11.7. The zero-order valence-corrected chi connectivity index (χ0v) is 12.5. The predicted molar refractivity (Wildman–Crippen MR) is 74.4 cm³/mol. The van der Waals surface area contributed by atoms with Gasteiger partial charge < -0.3 is 9.84 Å². The van der Waals surface area contributed by atoms with Crippen LogP contribution in [0.4, 0.5) is 4.39 Å². The first-order chi connectivity index (χ1) is 9.94. The van der Waals surface area contributed by atoms with Crippen LogP contribution in [0.1, 0.15) is 16.8 Å². The summed E-state index contributed by atoms with van der Waals surface area (Å²) >= 11 is 0. The molecule has 0 bridgehead atoms. The lowest BCUT2D eigenvalue weighted by atomic mass is 10.1. The molecular formula is C13H16FN3O3S. The Bertz CT molecular complexity index is 715. The summed E-state index contributed by atoms with van der Waals surface area (Å²) in [6, 6.07) is 4.33. The number of sulfonamides is 1. The fraction of sp³-hybridized carbons (Fsp3) is 0.308. The van der Waals surface area contributed by atoms with Crippen molar-refractivity contribution < 1.29 is 17.3 Å². The Hall–Kier alpha value is -1.77. The molecule has 0 fully saturated rings. The maximum atomic E-state index is 13.9. The normalized spacial score (nSPS) is 11.8. The minimum Gasteiger partial charge on any atom is -0.364 e. The number of halogens is 1. The first-order valence-electron chi connectivity index (χ1n) is 6.26. The molecule has 21 heavy (non-hydrogen) atoms. The molecule has 2 aromatic rings. The van der Waals surface area contributed by atoms with Gasteiger partial charge in [0.25, 0.3) is 0 Å². The van der Waals surface area contributed by atoms with Gasteiger partial charge in [-0.3, -0.25) is 0 Å². The summed E-state index contributed by atoms with van der Waals surface area (Å²) < 4.78 is 45.5. The first kappa shape index (κ1) is 15.6. The standard InChI is InChI=1S/C13H16FN3O3S/c1-9-12(14)5-10(7-15-2)6-13(9)21(18,19)16-8-11-3-4-20-17-11/h3-6,15-16H,7-8H2,1-2H3. The van der Waals surface area contributed by atoms with E-state index in [1.54, 1.807) is 13.1 Å². The topological polar surface area (TPSA) is 84.2 Å². The minimum absolute atomic E-state index is 0.0177. The fourth-order valence-electron chi connectivity index (χ4n) is 1.87. The fourth-order valence-corrected chi connectivity index (χ4v) is 3.17. The molecule has 0 aliphatic rings. The van der Waals surface area contributed by atoms with E-state index in [0.29, 0.717) is 17.8 Å². The van der Waals surface area contributed by atoms with Crippen LogP contribution in [0, 0.1) is 12.7 Å². The molecule has 8 heteroatoms. The summed E-state index contributed by atoms with van der Waals surface area (Å²) in [4.78, 5) is -0.0729. The molecule has 114 valence electrons. The lowest BCUT2D eigenvalue weighted by molar-refractivity contribution is 0.411. The number of rotatable bonds is 6. The average Bonchev–Trinajstić information content (AvgIpc) is 2.94. The largest absolute Gasteiger partial charge is 0.364 e. The summed E-state index contributed by atoms with van der Waals surface area (Å²) in [5.41, 5.74) is 1.09. The lowest BCUT2D eigenvalue weighted by Crippen LogP contribution is -2.25. The molecule has 0 saturated carbocycles. The molecule has 0 saturated heterocycles. The van der Waals surface area contributed by atoms with Crippen molar-refractivity contribution in [3.05, 3.63) is 47.1 Å². The molecule has 0 spiro atoms. The molecule has 1 aromatic heterocycles. The van der Waals surface area contributed by atoms with Gasteiger partial charge in [0.05, 0.1) is 17.1 Å². The van der Waals surface area contributed by atoms with Gasteiger partial charge in [0.2, 0.25) is 10.0 Å². The van der Waals surface area contributed by atoms with Crippen LogP contribution in [-0.2, 0) is 23.1 Å². The zero-order chi connectivity index (χ0) is 15.5. The van der Waals surface area contributed by atoms with E-state index in [2.05, 4.69) is 19.7 Å².